The van der Waals surface area contributed by atoms with Crippen molar-refractivity contribution in [1.82, 2.24) is 0 Å². The van der Waals surface area contributed by atoms with Crippen LogP contribution in [-0.4, -0.2) is 25.1 Å². The molecule has 0 fully saturated rings. The van der Waals surface area contributed by atoms with Gasteiger partial charge in [0.25, 0.3) is 0 Å². The van der Waals surface area contributed by atoms with Gasteiger partial charge in [-0.15, -0.1) is 0 Å². The van der Waals surface area contributed by atoms with Crippen LogP contribution in [0.25, 0.3) is 0 Å². The quantitative estimate of drug-likeness (QED) is 0.617. The van der Waals surface area contributed by atoms with Gasteiger partial charge in [-0.05, 0) is 17.9 Å². The molecule has 1 N–H and O–H groups in total. The van der Waals surface area contributed by atoms with Gasteiger partial charge in [-0.3, -0.25) is 0 Å². The number of halogens is 3. The molecule has 0 spiro atoms. The highest BCUT2D eigenvalue weighted by Gasteiger charge is 2.49. The van der Waals surface area contributed by atoms with Crippen LogP contribution in [0.3, 0.4) is 0 Å². The molecule has 1 atom stereocenters. The van der Waals surface area contributed by atoms with Gasteiger partial charge in [0, 0.05) is 6.42 Å². The standard InChI is InChI=1S/C9H13F3O4S/c1-8(2)4-6(13)3-7(5-8)16-17(14,15)9(10,11)12/h3,6,13H,4-5H2,1-2H3. The van der Waals surface area contributed by atoms with Crippen LogP contribution >= 0.6 is 0 Å². The Morgan fingerprint density at radius 2 is 2.00 bits per heavy atom. The smallest absolute Gasteiger partial charge is 0.389 e. The molecule has 0 saturated carbocycles. The second-order valence-corrected chi connectivity index (χ2v) is 6.27. The number of aliphatic hydroxyl groups is 1. The fourth-order valence-electron chi connectivity index (χ4n) is 1.69. The molecule has 0 radical (unpaired) electrons. The molecule has 0 aromatic rings. The number of rotatable bonds is 2. The summed E-state index contributed by atoms with van der Waals surface area (Å²) in [5, 5.41) is 9.38. The minimum atomic E-state index is -5.65. The van der Waals surface area contributed by atoms with Crippen LogP contribution < -0.4 is 0 Å². The molecule has 1 unspecified atom stereocenters. The maximum atomic E-state index is 12.1. The van der Waals surface area contributed by atoms with E-state index < -0.39 is 27.1 Å². The summed E-state index contributed by atoms with van der Waals surface area (Å²) in [7, 11) is -5.65. The van der Waals surface area contributed by atoms with Crippen LogP contribution in [0.4, 0.5) is 13.2 Å². The summed E-state index contributed by atoms with van der Waals surface area (Å²) < 4.78 is 61.8. The second-order valence-electron chi connectivity index (χ2n) is 4.73. The molecule has 1 aliphatic carbocycles. The summed E-state index contributed by atoms with van der Waals surface area (Å²) >= 11 is 0. The van der Waals surface area contributed by atoms with Gasteiger partial charge in [-0.25, -0.2) is 0 Å². The Morgan fingerprint density at radius 1 is 1.47 bits per heavy atom. The zero-order valence-corrected chi connectivity index (χ0v) is 10.1. The zero-order valence-electron chi connectivity index (χ0n) is 9.28. The molecule has 0 aromatic heterocycles. The van der Waals surface area contributed by atoms with Crippen LogP contribution in [0.5, 0.6) is 0 Å². The highest BCUT2D eigenvalue weighted by Crippen LogP contribution is 2.38. The van der Waals surface area contributed by atoms with Gasteiger partial charge < -0.3 is 9.29 Å². The van der Waals surface area contributed by atoms with E-state index in [0.717, 1.165) is 6.08 Å². The third-order valence-electron chi connectivity index (χ3n) is 2.29. The molecule has 0 amide bonds. The summed E-state index contributed by atoms with van der Waals surface area (Å²) in [6.45, 7) is 3.40. The summed E-state index contributed by atoms with van der Waals surface area (Å²) in [4.78, 5) is 0. The minimum Gasteiger partial charge on any atom is -0.389 e. The van der Waals surface area contributed by atoms with Crippen molar-refractivity contribution in [2.24, 2.45) is 5.41 Å². The summed E-state index contributed by atoms with van der Waals surface area (Å²) in [6, 6.07) is 0. The Morgan fingerprint density at radius 3 is 2.41 bits per heavy atom. The van der Waals surface area contributed by atoms with E-state index in [0.29, 0.717) is 6.42 Å². The van der Waals surface area contributed by atoms with Gasteiger partial charge in [-0.2, -0.15) is 21.6 Å². The van der Waals surface area contributed by atoms with Crippen molar-refractivity contribution in [3.05, 3.63) is 11.8 Å². The highest BCUT2D eigenvalue weighted by atomic mass is 32.2. The first-order valence-electron chi connectivity index (χ1n) is 4.82. The molecule has 0 aromatic carbocycles. The summed E-state index contributed by atoms with van der Waals surface area (Å²) in [5.74, 6) is -0.369. The largest absolute Gasteiger partial charge is 0.534 e. The Bertz CT molecular complexity index is 422. The highest BCUT2D eigenvalue weighted by molar-refractivity contribution is 7.87. The molecule has 1 aliphatic rings. The Hall–Kier alpha value is -0.760. The first kappa shape index (κ1) is 14.3. The van der Waals surface area contributed by atoms with E-state index in [9.17, 15) is 26.7 Å². The maximum Gasteiger partial charge on any atom is 0.534 e. The van der Waals surface area contributed by atoms with E-state index in [2.05, 4.69) is 4.18 Å². The molecule has 0 aliphatic heterocycles. The van der Waals surface area contributed by atoms with Crippen molar-refractivity contribution >= 4 is 10.1 Å². The lowest BCUT2D eigenvalue weighted by molar-refractivity contribution is -0.0529. The molecular weight excluding hydrogens is 261 g/mol. The van der Waals surface area contributed by atoms with Crippen LogP contribution in [0.1, 0.15) is 26.7 Å². The normalized spacial score (nSPS) is 25.3. The van der Waals surface area contributed by atoms with Gasteiger partial charge in [-0.1, -0.05) is 13.8 Å². The fourth-order valence-corrected chi connectivity index (χ4v) is 2.18. The van der Waals surface area contributed by atoms with Crippen LogP contribution in [-0.2, 0) is 14.3 Å². The average Bonchev–Trinajstić information content (AvgIpc) is 1.94. The lowest BCUT2D eigenvalue weighted by atomic mass is 9.79. The third-order valence-corrected chi connectivity index (χ3v) is 3.29. The van der Waals surface area contributed by atoms with Crippen molar-refractivity contribution in [3.8, 4) is 0 Å². The molecule has 17 heavy (non-hydrogen) atoms. The van der Waals surface area contributed by atoms with E-state index in [1.54, 1.807) is 13.8 Å². The van der Waals surface area contributed by atoms with Crippen molar-refractivity contribution in [3.63, 3.8) is 0 Å². The van der Waals surface area contributed by atoms with E-state index in [4.69, 9.17) is 0 Å². The van der Waals surface area contributed by atoms with Crippen molar-refractivity contribution in [1.29, 1.82) is 0 Å². The molecule has 0 saturated heterocycles. The molecule has 1 rings (SSSR count). The summed E-state index contributed by atoms with van der Waals surface area (Å²) in [6.07, 6.45) is 0.358. The van der Waals surface area contributed by atoms with Gasteiger partial charge in [0.1, 0.15) is 5.76 Å². The lowest BCUT2D eigenvalue weighted by Crippen LogP contribution is -2.30. The number of hydrogen-bond acceptors (Lipinski definition) is 4. The Labute approximate surface area is 97.2 Å². The topological polar surface area (TPSA) is 63.6 Å². The van der Waals surface area contributed by atoms with E-state index in [1.807, 2.05) is 0 Å². The first-order chi connectivity index (χ1) is 7.43. The van der Waals surface area contributed by atoms with Crippen molar-refractivity contribution in [2.45, 2.75) is 38.3 Å². The van der Waals surface area contributed by atoms with E-state index in [1.165, 1.54) is 0 Å². The van der Waals surface area contributed by atoms with Crippen LogP contribution in [0.2, 0.25) is 0 Å². The Balaban J connectivity index is 2.90. The van der Waals surface area contributed by atoms with Gasteiger partial charge in [0.15, 0.2) is 0 Å². The second kappa shape index (κ2) is 4.16. The number of alkyl halides is 3. The van der Waals surface area contributed by atoms with Crippen molar-refractivity contribution in [2.75, 3.05) is 0 Å². The summed E-state index contributed by atoms with van der Waals surface area (Å²) in [5.41, 5.74) is -5.97. The fraction of sp³-hybridized carbons (Fsp3) is 0.778. The minimum absolute atomic E-state index is 0.0272. The molecule has 100 valence electrons. The monoisotopic (exact) mass is 274 g/mol. The molecule has 4 nitrogen and oxygen atoms in total. The third kappa shape index (κ3) is 3.60. The van der Waals surface area contributed by atoms with Gasteiger partial charge >= 0.3 is 15.6 Å². The van der Waals surface area contributed by atoms with Crippen LogP contribution in [0, 0.1) is 5.41 Å². The van der Waals surface area contributed by atoms with E-state index in [-0.39, 0.29) is 12.2 Å². The van der Waals surface area contributed by atoms with Crippen LogP contribution in [0.15, 0.2) is 11.8 Å². The number of allylic oxidation sites excluding steroid dienone is 1. The predicted octanol–water partition coefficient (Wildman–Crippen LogP) is 1.92. The molecule has 0 bridgehead atoms. The number of aliphatic hydroxyl groups excluding tert-OH is 1. The van der Waals surface area contributed by atoms with Gasteiger partial charge in [0.05, 0.1) is 6.10 Å². The first-order valence-corrected chi connectivity index (χ1v) is 6.23. The molecule has 0 heterocycles. The predicted molar refractivity (Wildman–Crippen MR) is 53.2 cm³/mol. The van der Waals surface area contributed by atoms with Crippen molar-refractivity contribution < 1.29 is 30.9 Å². The van der Waals surface area contributed by atoms with E-state index >= 15 is 0 Å². The van der Waals surface area contributed by atoms with Gasteiger partial charge in [0.2, 0.25) is 0 Å². The maximum absolute atomic E-state index is 12.1. The average molecular weight is 274 g/mol. The molecular formula is C9H13F3O4S. The lowest BCUT2D eigenvalue weighted by Gasteiger charge is -2.31. The number of hydrogen-bond donors (Lipinski definition) is 1. The zero-order chi connectivity index (χ0) is 13.5. The SMILES string of the molecule is CC1(C)CC(OS(=O)(=O)C(F)(F)F)=CC(O)C1. The Kier molecular flexibility index (Phi) is 3.50. The molecule has 8 heteroatoms.